The summed E-state index contributed by atoms with van der Waals surface area (Å²) in [6.07, 6.45) is 0. The smallest absolute Gasteiger partial charge is 0.405 e. The predicted octanol–water partition coefficient (Wildman–Crippen LogP) is 31.1. The fourth-order valence-electron chi connectivity index (χ4n) is 20.2. The summed E-state index contributed by atoms with van der Waals surface area (Å²) < 4.78 is 42.4. The maximum Gasteiger partial charge on any atom is 0.494 e. The molecule has 134 heavy (non-hydrogen) atoms. The zero-order valence-corrected chi connectivity index (χ0v) is 80.7. The standard InChI is InChI=1S/C57H49BN2O2.C51H37BrN2.C12H24B2O4/c1-55(2)51-18-12-10-16-47(51)48-34-33-46(37-52(48)55)59(43-27-20-39(21-28-43)38-14-8-7-9-15-38)44-29-22-40(23-30-44)41-24-35-54-50(36-41)49-17-11-13-19-53(49)60(54)45-31-25-42(26-32-45)58-61-56(3,4)57(5,6)62-58;1-51(2)47-14-8-6-12-43(47)44-30-29-42(33-48(44)51)53(39-23-16-35(17-24-39)34-10-4-3-5-11-34)40-25-18-36(19-26-40)37-20-31-50-46(32-37)45-13-7-9-15-49(45)54(50)41-27-21-38(52)22-28-41;1-9(2)10(3,4)16-13(15-9)14-17-11(5,6)12(7,8)18-14/h7-37H,1-6H3;3-33H,1-2H3;1-8H3. The molecule has 662 valence electrons. The molecule has 0 radical (unpaired) electrons. The lowest BCUT2D eigenvalue weighted by Gasteiger charge is -2.32. The molecule has 2 aliphatic carbocycles. The van der Waals surface area contributed by atoms with Crippen LogP contribution in [0.5, 0.6) is 0 Å². The van der Waals surface area contributed by atoms with Gasteiger partial charge in [-0.25, -0.2) is 0 Å². The topological polar surface area (TPSA) is 71.7 Å². The third-order valence-electron chi connectivity index (χ3n) is 29.9. The SMILES string of the molecule is CC1(C)OB(B2OC(C)(C)C(C)(C)O2)OC1(C)C.CC1(C)c2ccccc2-c2ccc(N(c3ccc(-c4ccccc4)cc3)c3ccc(-c4ccc5c(c4)c4ccccc4n5-c4ccc(B5OC(C)(C)C(C)(C)O5)cc4)cc3)cc21.CC1(C)c2ccccc2-c2ccc(N(c3ccc(-c4ccccc4)cc3)c3ccc(-c4ccc5c(c4)c4ccccc4n5-c4ccc(Br)cc4)cc3)cc21. The van der Waals surface area contributed by atoms with E-state index in [0.29, 0.717) is 0 Å². The molecule has 16 aromatic carbocycles. The van der Waals surface area contributed by atoms with Crippen LogP contribution in [0.1, 0.15) is 133 Å². The number of fused-ring (bicyclic) bond motifs is 12. The lowest BCUT2D eigenvalue weighted by molar-refractivity contribution is 0.00578. The van der Waals surface area contributed by atoms with E-state index in [1.54, 1.807) is 0 Å². The van der Waals surface area contributed by atoms with E-state index in [9.17, 15) is 0 Å². The summed E-state index contributed by atoms with van der Waals surface area (Å²) in [6.45, 7) is 34.0. The molecule has 0 bridgehead atoms. The Balaban J connectivity index is 0.000000137. The van der Waals surface area contributed by atoms with Gasteiger partial charge >= 0.3 is 21.1 Å². The number of nitrogens with zero attached hydrogens (tertiary/aromatic N) is 4. The number of halogens is 1. The van der Waals surface area contributed by atoms with Crippen molar-refractivity contribution in [2.24, 2.45) is 0 Å². The molecule has 0 amide bonds. The summed E-state index contributed by atoms with van der Waals surface area (Å²) in [5.74, 6) is 0. The Bertz CT molecular complexity index is 7430. The molecule has 3 aliphatic heterocycles. The number of anilines is 6. The number of para-hydroxylation sites is 2. The molecular weight excluding hydrogens is 1710 g/mol. The number of hydrogen-bond donors (Lipinski definition) is 0. The van der Waals surface area contributed by atoms with Crippen molar-refractivity contribution in [1.82, 2.24) is 9.13 Å². The molecule has 0 saturated carbocycles. The molecule has 3 fully saturated rings. The molecule has 2 aromatic heterocycles. The van der Waals surface area contributed by atoms with Crippen LogP contribution in [0.3, 0.4) is 0 Å². The van der Waals surface area contributed by atoms with Gasteiger partial charge in [0, 0.05) is 82.3 Å². The Hall–Kier alpha value is -12.8. The average molecular weight is 1820 g/mol. The molecule has 10 nitrogen and oxygen atoms in total. The van der Waals surface area contributed by atoms with E-state index >= 15 is 0 Å². The highest BCUT2D eigenvalue weighted by Crippen LogP contribution is 2.54. The predicted molar refractivity (Wildman–Crippen MR) is 563 cm³/mol. The Kier molecular flexibility index (Phi) is 21.9. The molecule has 0 atom stereocenters. The lowest BCUT2D eigenvalue weighted by Crippen LogP contribution is -2.41. The molecule has 3 saturated heterocycles. The molecule has 0 unspecified atom stereocenters. The van der Waals surface area contributed by atoms with Crippen molar-refractivity contribution in [3.63, 3.8) is 0 Å². The van der Waals surface area contributed by atoms with Crippen LogP contribution in [0.25, 0.3) is 122 Å². The van der Waals surface area contributed by atoms with Gasteiger partial charge in [-0.05, 0) is 323 Å². The maximum atomic E-state index is 6.36. The average Bonchev–Trinajstić information content (AvgIpc) is 1.57. The Morgan fingerprint density at radius 1 is 0.224 bits per heavy atom. The second kappa shape index (κ2) is 33.4. The molecule has 5 heterocycles. The van der Waals surface area contributed by atoms with Crippen LogP contribution in [0.15, 0.2) is 381 Å². The Morgan fingerprint density at radius 3 is 0.866 bits per heavy atom. The van der Waals surface area contributed by atoms with Crippen molar-refractivity contribution in [3.05, 3.63) is 403 Å². The second-order valence-electron chi connectivity index (χ2n) is 40.5. The van der Waals surface area contributed by atoms with Crippen molar-refractivity contribution < 1.29 is 27.9 Å². The number of aromatic nitrogens is 2. The van der Waals surface area contributed by atoms with Gasteiger partial charge in [0.05, 0.1) is 55.7 Å². The Labute approximate surface area is 797 Å². The van der Waals surface area contributed by atoms with Gasteiger partial charge in [-0.15, -0.1) is 0 Å². The normalized spacial score (nSPS) is 16.8. The van der Waals surface area contributed by atoms with E-state index in [0.717, 1.165) is 55.4 Å². The second-order valence-corrected chi connectivity index (χ2v) is 41.4. The van der Waals surface area contributed by atoms with Crippen LogP contribution < -0.4 is 15.3 Å². The van der Waals surface area contributed by atoms with Crippen molar-refractivity contribution >= 4 is 120 Å². The monoisotopic (exact) mass is 1810 g/mol. The van der Waals surface area contributed by atoms with Crippen LogP contribution >= 0.6 is 15.9 Å². The van der Waals surface area contributed by atoms with Gasteiger partial charge in [-0.3, -0.25) is 0 Å². The fraction of sp³-hybridized carbons (Fsp3) is 0.200. The molecule has 14 heteroatoms. The van der Waals surface area contributed by atoms with E-state index in [1.807, 2.05) is 55.4 Å². The minimum atomic E-state index is -0.476. The van der Waals surface area contributed by atoms with Crippen LogP contribution in [-0.2, 0) is 38.8 Å². The highest BCUT2D eigenvalue weighted by Gasteiger charge is 2.64. The van der Waals surface area contributed by atoms with Crippen LogP contribution in [0.4, 0.5) is 34.1 Å². The zero-order valence-electron chi connectivity index (χ0n) is 79.1. The van der Waals surface area contributed by atoms with Crippen molar-refractivity contribution in [1.29, 1.82) is 0 Å². The van der Waals surface area contributed by atoms with Gasteiger partial charge < -0.3 is 46.9 Å². The van der Waals surface area contributed by atoms with Gasteiger partial charge in [-0.1, -0.05) is 274 Å². The Morgan fingerprint density at radius 2 is 0.500 bits per heavy atom. The number of rotatable bonds is 14. The van der Waals surface area contributed by atoms with Gasteiger partial charge in [0.15, 0.2) is 0 Å². The lowest BCUT2D eigenvalue weighted by atomic mass is 9.49. The quantitative estimate of drug-likeness (QED) is 0.0998. The summed E-state index contributed by atoms with van der Waals surface area (Å²) in [6, 6.07) is 137. The van der Waals surface area contributed by atoms with E-state index in [4.69, 9.17) is 27.9 Å². The van der Waals surface area contributed by atoms with Crippen LogP contribution in [0, 0.1) is 0 Å². The number of hydrogen-bond acceptors (Lipinski definition) is 8. The van der Waals surface area contributed by atoms with Crippen LogP contribution in [0.2, 0.25) is 0 Å². The fourth-order valence-corrected chi connectivity index (χ4v) is 20.5. The minimum absolute atomic E-state index is 0.0895. The first-order chi connectivity index (χ1) is 64.3. The van der Waals surface area contributed by atoms with E-state index < -0.39 is 21.1 Å². The highest BCUT2D eigenvalue weighted by molar-refractivity contribution is 9.10. The summed E-state index contributed by atoms with van der Waals surface area (Å²) in [7, 11) is -1.35. The third kappa shape index (κ3) is 15.4. The largest absolute Gasteiger partial charge is 0.494 e. The summed E-state index contributed by atoms with van der Waals surface area (Å²) in [5.41, 5.74) is 32.7. The van der Waals surface area contributed by atoms with Gasteiger partial charge in [-0.2, -0.15) is 0 Å². The van der Waals surface area contributed by atoms with E-state index in [1.165, 1.54) is 133 Å². The van der Waals surface area contributed by atoms with Gasteiger partial charge in [0.2, 0.25) is 0 Å². The summed E-state index contributed by atoms with van der Waals surface area (Å²) >= 11 is 3.60. The number of benzene rings is 16. The maximum absolute atomic E-state index is 6.36. The first-order valence-corrected chi connectivity index (χ1v) is 47.7. The van der Waals surface area contributed by atoms with Gasteiger partial charge in [0.1, 0.15) is 0 Å². The van der Waals surface area contributed by atoms with Crippen LogP contribution in [-0.4, -0.2) is 63.9 Å². The summed E-state index contributed by atoms with van der Waals surface area (Å²) in [5, 5.41) is 4.94. The minimum Gasteiger partial charge on any atom is -0.405 e. The first kappa shape index (κ1) is 87.8. The molecule has 5 aliphatic rings. The first-order valence-electron chi connectivity index (χ1n) is 46.9. The third-order valence-corrected chi connectivity index (χ3v) is 30.4. The van der Waals surface area contributed by atoms with Gasteiger partial charge in [0.25, 0.3) is 0 Å². The zero-order chi connectivity index (χ0) is 92.8. The molecular formula is C120H110B3BrN4O6. The molecule has 0 N–H and O–H groups in total. The van der Waals surface area contributed by atoms with Crippen molar-refractivity contribution in [3.8, 4) is 78.1 Å². The van der Waals surface area contributed by atoms with Crippen molar-refractivity contribution in [2.45, 2.75) is 155 Å². The highest BCUT2D eigenvalue weighted by atomic mass is 79.9. The summed E-state index contributed by atoms with van der Waals surface area (Å²) in [4.78, 5) is 4.79. The molecule has 18 aromatic rings. The van der Waals surface area contributed by atoms with E-state index in [2.05, 4.69) is 466 Å². The van der Waals surface area contributed by atoms with E-state index in [-0.39, 0.29) is 44.4 Å². The molecule has 23 rings (SSSR count). The molecule has 0 spiro atoms. The van der Waals surface area contributed by atoms with Crippen molar-refractivity contribution in [2.75, 3.05) is 9.80 Å².